The molecule has 1 aromatic carbocycles. The zero-order chi connectivity index (χ0) is 14.4. The number of para-hydroxylation sites is 1. The molecule has 0 saturated carbocycles. The van der Waals surface area contributed by atoms with E-state index in [-0.39, 0.29) is 0 Å². The van der Waals surface area contributed by atoms with E-state index < -0.39 is 0 Å². The zero-order valence-electron chi connectivity index (χ0n) is 12.2. The van der Waals surface area contributed by atoms with Crippen molar-refractivity contribution in [3.8, 4) is 0 Å². The minimum absolute atomic E-state index is 0.663. The molecule has 0 amide bonds. The topological polar surface area (TPSA) is 52.3 Å². The van der Waals surface area contributed by atoms with E-state index in [4.69, 9.17) is 10.5 Å². The molecule has 0 fully saturated rings. The molecule has 0 spiro atoms. The molecule has 2 aromatic rings. The summed E-state index contributed by atoms with van der Waals surface area (Å²) in [5, 5.41) is 4.64. The van der Waals surface area contributed by atoms with Gasteiger partial charge in [0, 0.05) is 13.1 Å². The molecule has 20 heavy (non-hydrogen) atoms. The number of hydrogen-bond acceptors (Lipinski definition) is 5. The maximum absolute atomic E-state index is 7.24. The summed E-state index contributed by atoms with van der Waals surface area (Å²) in [6.07, 6.45) is 4.77. The van der Waals surface area contributed by atoms with Gasteiger partial charge < -0.3 is 4.90 Å². The van der Waals surface area contributed by atoms with Crippen molar-refractivity contribution in [3.05, 3.63) is 18.2 Å². The third-order valence-electron chi connectivity index (χ3n) is 3.34. The summed E-state index contributed by atoms with van der Waals surface area (Å²) in [7, 11) is 0. The lowest BCUT2D eigenvalue weighted by molar-refractivity contribution is 0.677. The lowest BCUT2D eigenvalue weighted by Gasteiger charge is -2.21. The van der Waals surface area contributed by atoms with Gasteiger partial charge in [-0.1, -0.05) is 44.1 Å². The van der Waals surface area contributed by atoms with Gasteiger partial charge in [0.25, 0.3) is 0 Å². The molecule has 5 heteroatoms. The van der Waals surface area contributed by atoms with Crippen LogP contribution in [-0.2, 0) is 0 Å². The Balaban J connectivity index is 2.29. The molecule has 108 valence electrons. The van der Waals surface area contributed by atoms with Crippen molar-refractivity contribution in [3.63, 3.8) is 0 Å². The predicted molar refractivity (Wildman–Crippen MR) is 86.5 cm³/mol. The Morgan fingerprint density at radius 2 is 1.90 bits per heavy atom. The lowest BCUT2D eigenvalue weighted by atomic mass is 10.3. The number of rotatable bonds is 8. The number of fused-ring (bicyclic) bond motifs is 1. The van der Waals surface area contributed by atoms with Gasteiger partial charge in [0.15, 0.2) is 5.13 Å². The van der Waals surface area contributed by atoms with Crippen LogP contribution >= 0.6 is 11.3 Å². The van der Waals surface area contributed by atoms with Crippen LogP contribution in [0.3, 0.4) is 0 Å². The van der Waals surface area contributed by atoms with Crippen LogP contribution < -0.4 is 4.90 Å². The van der Waals surface area contributed by atoms with E-state index in [1.54, 1.807) is 11.3 Å². The van der Waals surface area contributed by atoms with Crippen molar-refractivity contribution in [2.24, 2.45) is 5.11 Å². The molecular formula is C15H22N4S. The summed E-state index contributed by atoms with van der Waals surface area (Å²) in [6.45, 7) is 6.55. The standard InChI is InChI=1S/C15H22N4S/c1-3-5-10-19(11-6-4-2)15-17-14-12(18-16)8-7-9-13(14)20-15/h7-9,16H,3-6,10-11H2,1-2H3. The van der Waals surface area contributed by atoms with Crippen LogP contribution in [0.5, 0.6) is 0 Å². The number of aromatic nitrogens is 1. The molecule has 0 aliphatic rings. The zero-order valence-corrected chi connectivity index (χ0v) is 13.0. The molecule has 0 radical (unpaired) electrons. The van der Waals surface area contributed by atoms with Crippen LogP contribution in [0.1, 0.15) is 39.5 Å². The van der Waals surface area contributed by atoms with E-state index in [0.29, 0.717) is 5.69 Å². The number of nitrogens with zero attached hydrogens (tertiary/aromatic N) is 3. The normalized spacial score (nSPS) is 10.9. The fourth-order valence-corrected chi connectivity index (χ4v) is 3.19. The van der Waals surface area contributed by atoms with Crippen LogP contribution in [0.25, 0.3) is 10.2 Å². The lowest BCUT2D eigenvalue weighted by Crippen LogP contribution is -2.25. The quantitative estimate of drug-likeness (QED) is 0.665. The Morgan fingerprint density at radius 1 is 1.20 bits per heavy atom. The van der Waals surface area contributed by atoms with E-state index in [1.807, 2.05) is 12.1 Å². The third kappa shape index (κ3) is 3.33. The van der Waals surface area contributed by atoms with Gasteiger partial charge in [0.2, 0.25) is 0 Å². The second-order valence-electron chi connectivity index (χ2n) is 4.93. The Bertz CT molecular complexity index is 556. The average Bonchev–Trinajstić information content (AvgIpc) is 2.91. The molecule has 1 heterocycles. The third-order valence-corrected chi connectivity index (χ3v) is 4.42. The summed E-state index contributed by atoms with van der Waals surface area (Å²) < 4.78 is 1.12. The first-order valence-electron chi connectivity index (χ1n) is 7.32. The molecule has 0 aliphatic heterocycles. The van der Waals surface area contributed by atoms with Gasteiger partial charge >= 0.3 is 0 Å². The minimum atomic E-state index is 0.663. The number of anilines is 1. The Morgan fingerprint density at radius 3 is 2.50 bits per heavy atom. The van der Waals surface area contributed by atoms with Crippen molar-refractivity contribution in [2.45, 2.75) is 39.5 Å². The summed E-state index contributed by atoms with van der Waals surface area (Å²) >= 11 is 1.71. The summed E-state index contributed by atoms with van der Waals surface area (Å²) in [4.78, 5) is 7.10. The van der Waals surface area contributed by atoms with Crippen molar-refractivity contribution in [1.82, 2.24) is 4.98 Å². The second kappa shape index (κ2) is 7.33. The predicted octanol–water partition coefficient (Wildman–Crippen LogP) is 5.37. The van der Waals surface area contributed by atoms with Gasteiger partial charge in [-0.05, 0) is 25.0 Å². The molecule has 2 rings (SSSR count). The highest BCUT2D eigenvalue weighted by molar-refractivity contribution is 7.22. The first-order chi connectivity index (χ1) is 9.80. The van der Waals surface area contributed by atoms with Gasteiger partial charge in [-0.15, -0.1) is 0 Å². The van der Waals surface area contributed by atoms with Crippen LogP contribution in [0.2, 0.25) is 0 Å². The Hall–Kier alpha value is -1.49. The first-order valence-corrected chi connectivity index (χ1v) is 8.13. The van der Waals surface area contributed by atoms with E-state index in [1.165, 1.54) is 25.7 Å². The van der Waals surface area contributed by atoms with Crippen molar-refractivity contribution < 1.29 is 0 Å². The fraction of sp³-hybridized carbons (Fsp3) is 0.533. The summed E-state index contributed by atoms with van der Waals surface area (Å²) in [5.41, 5.74) is 8.76. The second-order valence-corrected chi connectivity index (χ2v) is 5.94. The highest BCUT2D eigenvalue weighted by Gasteiger charge is 2.13. The first kappa shape index (κ1) is 14.9. The van der Waals surface area contributed by atoms with Gasteiger partial charge in [0.1, 0.15) is 11.2 Å². The highest BCUT2D eigenvalue weighted by atomic mass is 32.1. The van der Waals surface area contributed by atoms with Crippen LogP contribution in [0, 0.1) is 5.53 Å². The summed E-state index contributed by atoms with van der Waals surface area (Å²) in [5.74, 6) is 0. The molecule has 0 aliphatic carbocycles. The average molecular weight is 290 g/mol. The van der Waals surface area contributed by atoms with Crippen LogP contribution in [-0.4, -0.2) is 18.1 Å². The van der Waals surface area contributed by atoms with E-state index in [0.717, 1.165) is 28.4 Å². The van der Waals surface area contributed by atoms with Crippen LogP contribution in [0.4, 0.5) is 10.8 Å². The van der Waals surface area contributed by atoms with Crippen molar-refractivity contribution in [2.75, 3.05) is 18.0 Å². The SMILES string of the molecule is CCCCN(CCCC)c1nc2c(N=N)cccc2s1. The number of nitrogens with one attached hydrogen (secondary N) is 1. The maximum atomic E-state index is 7.24. The van der Waals surface area contributed by atoms with Gasteiger partial charge in [-0.2, -0.15) is 5.11 Å². The van der Waals surface area contributed by atoms with E-state index in [9.17, 15) is 0 Å². The molecule has 1 aromatic heterocycles. The smallest absolute Gasteiger partial charge is 0.186 e. The molecule has 0 atom stereocenters. The molecular weight excluding hydrogens is 268 g/mol. The molecule has 0 saturated heterocycles. The monoisotopic (exact) mass is 290 g/mol. The van der Waals surface area contributed by atoms with Gasteiger partial charge in [-0.25, -0.2) is 10.5 Å². The molecule has 0 bridgehead atoms. The molecule has 0 unspecified atom stereocenters. The van der Waals surface area contributed by atoms with Gasteiger partial charge in [-0.3, -0.25) is 0 Å². The van der Waals surface area contributed by atoms with Crippen LogP contribution in [0.15, 0.2) is 23.3 Å². The Kier molecular flexibility index (Phi) is 5.47. The molecule has 4 nitrogen and oxygen atoms in total. The highest BCUT2D eigenvalue weighted by Crippen LogP contribution is 2.34. The number of thiazole rings is 1. The largest absolute Gasteiger partial charge is 0.348 e. The maximum Gasteiger partial charge on any atom is 0.186 e. The van der Waals surface area contributed by atoms with Crippen molar-refractivity contribution >= 4 is 32.4 Å². The summed E-state index contributed by atoms with van der Waals surface area (Å²) in [6, 6.07) is 5.85. The minimum Gasteiger partial charge on any atom is -0.348 e. The molecule has 1 N–H and O–H groups in total. The Labute approximate surface area is 124 Å². The fourth-order valence-electron chi connectivity index (χ4n) is 2.15. The van der Waals surface area contributed by atoms with E-state index >= 15 is 0 Å². The number of unbranched alkanes of at least 4 members (excludes halogenated alkanes) is 2. The number of hydrogen-bond donors (Lipinski definition) is 1. The van der Waals surface area contributed by atoms with Gasteiger partial charge in [0.05, 0.1) is 4.70 Å². The van der Waals surface area contributed by atoms with Crippen molar-refractivity contribution in [1.29, 1.82) is 5.53 Å². The van der Waals surface area contributed by atoms with E-state index in [2.05, 4.69) is 29.9 Å². The number of benzene rings is 1.